The number of hydrogen-bond donors (Lipinski definition) is 1. The van der Waals surface area contributed by atoms with Crippen LogP contribution in [0.25, 0.3) is 0 Å². The van der Waals surface area contributed by atoms with Gasteiger partial charge in [-0.1, -0.05) is 6.07 Å². The van der Waals surface area contributed by atoms with Crippen LogP contribution in [0.3, 0.4) is 0 Å². The topological polar surface area (TPSA) is 26.0 Å². The van der Waals surface area contributed by atoms with E-state index in [1.54, 1.807) is 0 Å². The molecule has 2 N–H and O–H groups in total. The monoisotopic (exact) mass is 275 g/mol. The Morgan fingerprint density at radius 1 is 1.16 bits per heavy atom. The van der Waals surface area contributed by atoms with Gasteiger partial charge in [0.2, 0.25) is 5.92 Å². The molecular weight excluding hydrogens is 258 g/mol. The zero-order valence-corrected chi connectivity index (χ0v) is 10.5. The summed E-state index contributed by atoms with van der Waals surface area (Å²) in [6, 6.07) is 3.37. The first-order valence-corrected chi connectivity index (χ1v) is 6.45. The molecule has 1 unspecified atom stereocenters. The van der Waals surface area contributed by atoms with E-state index in [0.717, 1.165) is 12.1 Å². The molecule has 0 amide bonds. The Morgan fingerprint density at radius 2 is 1.79 bits per heavy atom. The van der Waals surface area contributed by atoms with Gasteiger partial charge in [-0.15, -0.1) is 0 Å². The maximum Gasteiger partial charge on any atom is 0.248 e. The molecule has 1 aliphatic carbocycles. The van der Waals surface area contributed by atoms with Gasteiger partial charge in [-0.2, -0.15) is 0 Å². The molecular formula is C14H17F4N. The number of benzene rings is 1. The van der Waals surface area contributed by atoms with Crippen molar-refractivity contribution in [1.29, 1.82) is 0 Å². The Hall–Kier alpha value is -1.10. The number of rotatable bonds is 3. The molecule has 1 aliphatic rings. The van der Waals surface area contributed by atoms with Gasteiger partial charge < -0.3 is 5.73 Å². The first kappa shape index (κ1) is 14.3. The number of nitrogens with two attached hydrogens (primary N) is 1. The highest BCUT2D eigenvalue weighted by atomic mass is 19.3. The largest absolute Gasteiger partial charge is 0.327 e. The average molecular weight is 275 g/mol. The second-order valence-electron chi connectivity index (χ2n) is 5.31. The summed E-state index contributed by atoms with van der Waals surface area (Å²) >= 11 is 0. The van der Waals surface area contributed by atoms with Gasteiger partial charge in [0.25, 0.3) is 0 Å². The summed E-state index contributed by atoms with van der Waals surface area (Å²) in [4.78, 5) is 0. The van der Waals surface area contributed by atoms with Crippen LogP contribution < -0.4 is 5.73 Å². The molecule has 1 fully saturated rings. The van der Waals surface area contributed by atoms with Crippen molar-refractivity contribution in [2.24, 2.45) is 11.7 Å². The first-order valence-electron chi connectivity index (χ1n) is 6.45. The lowest BCUT2D eigenvalue weighted by Crippen LogP contribution is -2.37. The lowest BCUT2D eigenvalue weighted by Gasteiger charge is -2.32. The fraction of sp³-hybridized carbons (Fsp3) is 0.571. The van der Waals surface area contributed by atoms with Gasteiger partial charge in [0.05, 0.1) is 0 Å². The summed E-state index contributed by atoms with van der Waals surface area (Å²) in [7, 11) is 0. The number of hydrogen-bond acceptors (Lipinski definition) is 1. The molecule has 0 aromatic heterocycles. The third kappa shape index (κ3) is 3.69. The number of halogens is 4. The smallest absolute Gasteiger partial charge is 0.248 e. The van der Waals surface area contributed by atoms with Gasteiger partial charge in [0.1, 0.15) is 0 Å². The van der Waals surface area contributed by atoms with E-state index in [-0.39, 0.29) is 24.8 Å². The van der Waals surface area contributed by atoms with Crippen LogP contribution in [0.2, 0.25) is 0 Å². The van der Waals surface area contributed by atoms with Crippen LogP contribution in [0.15, 0.2) is 18.2 Å². The van der Waals surface area contributed by atoms with Crippen LogP contribution in [0.5, 0.6) is 0 Å². The lowest BCUT2D eigenvalue weighted by molar-refractivity contribution is -0.0481. The summed E-state index contributed by atoms with van der Waals surface area (Å²) < 4.78 is 51.9. The molecule has 1 nitrogen and oxygen atoms in total. The molecule has 1 aromatic rings. The SMILES string of the molecule is NC(Cc1ccc(F)c(F)c1)C1CCC(F)(F)CC1. The predicted molar refractivity (Wildman–Crippen MR) is 64.9 cm³/mol. The van der Waals surface area contributed by atoms with Crippen LogP contribution in [0.4, 0.5) is 17.6 Å². The highest BCUT2D eigenvalue weighted by Gasteiger charge is 2.36. The maximum atomic E-state index is 13.1. The van der Waals surface area contributed by atoms with E-state index in [2.05, 4.69) is 0 Å². The lowest BCUT2D eigenvalue weighted by atomic mass is 9.80. The molecule has 106 valence electrons. The zero-order chi connectivity index (χ0) is 14.0. The third-order valence-electron chi connectivity index (χ3n) is 3.82. The van der Waals surface area contributed by atoms with Crippen molar-refractivity contribution in [1.82, 2.24) is 0 Å². The predicted octanol–water partition coefficient (Wildman–Crippen LogP) is 3.66. The molecule has 0 saturated heterocycles. The van der Waals surface area contributed by atoms with Crippen LogP contribution in [-0.2, 0) is 6.42 Å². The number of alkyl halides is 2. The molecule has 19 heavy (non-hydrogen) atoms. The van der Waals surface area contributed by atoms with Crippen molar-refractivity contribution < 1.29 is 17.6 Å². The van der Waals surface area contributed by atoms with E-state index in [9.17, 15) is 17.6 Å². The van der Waals surface area contributed by atoms with Crippen molar-refractivity contribution in [2.45, 2.75) is 44.1 Å². The average Bonchev–Trinajstić information content (AvgIpc) is 2.33. The molecule has 0 bridgehead atoms. The van der Waals surface area contributed by atoms with Crippen LogP contribution >= 0.6 is 0 Å². The van der Waals surface area contributed by atoms with Gasteiger partial charge in [-0.25, -0.2) is 17.6 Å². The van der Waals surface area contributed by atoms with Crippen molar-refractivity contribution in [2.75, 3.05) is 0 Å². The summed E-state index contributed by atoms with van der Waals surface area (Å²) in [5.41, 5.74) is 6.60. The fourth-order valence-corrected chi connectivity index (χ4v) is 2.60. The van der Waals surface area contributed by atoms with E-state index in [1.807, 2.05) is 0 Å². The zero-order valence-electron chi connectivity index (χ0n) is 10.5. The normalized spacial score (nSPS) is 21.3. The summed E-state index contributed by atoms with van der Waals surface area (Å²) in [6.45, 7) is 0. The molecule has 2 rings (SSSR count). The summed E-state index contributed by atoms with van der Waals surface area (Å²) in [5.74, 6) is -4.35. The van der Waals surface area contributed by atoms with E-state index in [1.165, 1.54) is 6.07 Å². The minimum atomic E-state index is -2.57. The molecule has 1 saturated carbocycles. The Bertz CT molecular complexity index is 437. The van der Waals surface area contributed by atoms with Crippen LogP contribution in [-0.4, -0.2) is 12.0 Å². The Morgan fingerprint density at radius 3 is 2.37 bits per heavy atom. The quantitative estimate of drug-likeness (QED) is 0.837. The van der Waals surface area contributed by atoms with Crippen LogP contribution in [0, 0.1) is 17.6 Å². The van der Waals surface area contributed by atoms with E-state index >= 15 is 0 Å². The van der Waals surface area contributed by atoms with E-state index in [4.69, 9.17) is 5.73 Å². The Labute approximate surface area is 109 Å². The Balaban J connectivity index is 1.94. The summed E-state index contributed by atoms with van der Waals surface area (Å²) in [6.07, 6.45) is 0.884. The van der Waals surface area contributed by atoms with Crippen LogP contribution in [0.1, 0.15) is 31.2 Å². The maximum absolute atomic E-state index is 13.1. The minimum Gasteiger partial charge on any atom is -0.327 e. The molecule has 0 heterocycles. The third-order valence-corrected chi connectivity index (χ3v) is 3.82. The Kier molecular flexibility index (Phi) is 4.13. The van der Waals surface area contributed by atoms with Gasteiger partial charge in [0.15, 0.2) is 11.6 Å². The van der Waals surface area contributed by atoms with Crippen molar-refractivity contribution in [3.05, 3.63) is 35.4 Å². The molecule has 0 radical (unpaired) electrons. The summed E-state index contributed by atoms with van der Waals surface area (Å²) in [5, 5.41) is 0. The highest BCUT2D eigenvalue weighted by molar-refractivity contribution is 5.19. The van der Waals surface area contributed by atoms with E-state index < -0.39 is 17.6 Å². The van der Waals surface area contributed by atoms with Gasteiger partial charge in [0, 0.05) is 18.9 Å². The highest BCUT2D eigenvalue weighted by Crippen LogP contribution is 2.37. The van der Waals surface area contributed by atoms with Crippen molar-refractivity contribution in [3.8, 4) is 0 Å². The fourth-order valence-electron chi connectivity index (χ4n) is 2.60. The molecule has 0 spiro atoms. The van der Waals surface area contributed by atoms with Crippen molar-refractivity contribution in [3.63, 3.8) is 0 Å². The van der Waals surface area contributed by atoms with E-state index in [0.29, 0.717) is 24.8 Å². The van der Waals surface area contributed by atoms with Gasteiger partial charge in [-0.3, -0.25) is 0 Å². The van der Waals surface area contributed by atoms with Gasteiger partial charge >= 0.3 is 0 Å². The minimum absolute atomic E-state index is 0.0211. The molecule has 5 heteroatoms. The van der Waals surface area contributed by atoms with Crippen molar-refractivity contribution >= 4 is 0 Å². The second kappa shape index (κ2) is 5.49. The molecule has 1 atom stereocenters. The van der Waals surface area contributed by atoms with Gasteiger partial charge in [-0.05, 0) is 42.9 Å². The first-order chi connectivity index (χ1) is 8.87. The second-order valence-corrected chi connectivity index (χ2v) is 5.31. The molecule has 1 aromatic carbocycles. The molecule has 0 aliphatic heterocycles. The standard InChI is InChI=1S/C14H17F4N/c15-11-2-1-9(7-12(11)16)8-13(19)10-3-5-14(17,18)6-4-10/h1-2,7,10,13H,3-6,8,19H2.